The van der Waals surface area contributed by atoms with Crippen molar-refractivity contribution in [1.29, 1.82) is 0 Å². The first-order valence-electron chi connectivity index (χ1n) is 7.07. The standard InChI is InChI=1S/C17H26O3/c1-7-17(5,6)12-8-9-14(20-11-15(18)19)13(10-12)16(2,3)4/h8-10H,7,11H2,1-6H3,(H,18,19). The molecule has 0 saturated heterocycles. The average Bonchev–Trinajstić information content (AvgIpc) is 2.34. The van der Waals surface area contributed by atoms with Crippen LogP contribution in [0.2, 0.25) is 0 Å². The van der Waals surface area contributed by atoms with Gasteiger partial charge >= 0.3 is 5.97 Å². The Morgan fingerprint density at radius 1 is 1.20 bits per heavy atom. The van der Waals surface area contributed by atoms with Crippen LogP contribution in [0.25, 0.3) is 0 Å². The van der Waals surface area contributed by atoms with Crippen molar-refractivity contribution in [3.63, 3.8) is 0 Å². The summed E-state index contributed by atoms with van der Waals surface area (Å²) in [5.74, 6) is -0.293. The van der Waals surface area contributed by atoms with Gasteiger partial charge in [-0.25, -0.2) is 4.79 Å². The van der Waals surface area contributed by atoms with E-state index in [4.69, 9.17) is 9.84 Å². The predicted octanol–water partition coefficient (Wildman–Crippen LogP) is 4.14. The highest BCUT2D eigenvalue weighted by Crippen LogP contribution is 2.36. The SMILES string of the molecule is CCC(C)(C)c1ccc(OCC(=O)O)c(C(C)(C)C)c1. The van der Waals surface area contributed by atoms with Crippen molar-refractivity contribution in [3.8, 4) is 5.75 Å². The van der Waals surface area contributed by atoms with Crippen LogP contribution in [0.15, 0.2) is 18.2 Å². The molecule has 0 aromatic heterocycles. The highest BCUT2D eigenvalue weighted by Gasteiger charge is 2.24. The summed E-state index contributed by atoms with van der Waals surface area (Å²) < 4.78 is 5.43. The predicted molar refractivity (Wildman–Crippen MR) is 81.6 cm³/mol. The van der Waals surface area contributed by atoms with Crippen LogP contribution in [0.4, 0.5) is 0 Å². The molecule has 3 heteroatoms. The van der Waals surface area contributed by atoms with Gasteiger partial charge in [-0.3, -0.25) is 0 Å². The van der Waals surface area contributed by atoms with Crippen LogP contribution in [-0.4, -0.2) is 17.7 Å². The van der Waals surface area contributed by atoms with E-state index in [0.29, 0.717) is 5.75 Å². The Morgan fingerprint density at radius 2 is 1.80 bits per heavy atom. The van der Waals surface area contributed by atoms with E-state index in [1.807, 2.05) is 12.1 Å². The average molecular weight is 278 g/mol. The molecule has 0 saturated carbocycles. The lowest BCUT2D eigenvalue weighted by Gasteiger charge is -2.28. The van der Waals surface area contributed by atoms with Gasteiger partial charge < -0.3 is 9.84 Å². The number of carboxylic acids is 1. The molecular formula is C17H26O3. The summed E-state index contributed by atoms with van der Waals surface area (Å²) in [6.45, 7) is 12.6. The quantitative estimate of drug-likeness (QED) is 0.880. The molecule has 1 rings (SSSR count). The first-order valence-corrected chi connectivity index (χ1v) is 7.07. The van der Waals surface area contributed by atoms with Gasteiger partial charge in [-0.15, -0.1) is 0 Å². The van der Waals surface area contributed by atoms with Crippen LogP contribution in [0.3, 0.4) is 0 Å². The van der Waals surface area contributed by atoms with Crippen LogP contribution in [0.5, 0.6) is 5.75 Å². The van der Waals surface area contributed by atoms with Crippen molar-refractivity contribution in [2.75, 3.05) is 6.61 Å². The van der Waals surface area contributed by atoms with Gasteiger partial charge in [0.05, 0.1) is 0 Å². The second kappa shape index (κ2) is 5.86. The van der Waals surface area contributed by atoms with Gasteiger partial charge in [-0.05, 0) is 34.4 Å². The molecule has 0 fully saturated rings. The lowest BCUT2D eigenvalue weighted by atomic mass is 9.78. The van der Waals surface area contributed by atoms with Gasteiger partial charge in [0.1, 0.15) is 5.75 Å². The molecule has 0 unspecified atom stereocenters. The molecule has 1 N–H and O–H groups in total. The summed E-state index contributed by atoms with van der Waals surface area (Å²) in [5, 5.41) is 8.77. The zero-order valence-corrected chi connectivity index (χ0v) is 13.4. The van der Waals surface area contributed by atoms with Gasteiger partial charge in [-0.2, -0.15) is 0 Å². The van der Waals surface area contributed by atoms with E-state index in [2.05, 4.69) is 47.6 Å². The van der Waals surface area contributed by atoms with Crippen molar-refractivity contribution in [1.82, 2.24) is 0 Å². The van der Waals surface area contributed by atoms with Gasteiger partial charge in [0.25, 0.3) is 0 Å². The lowest BCUT2D eigenvalue weighted by Crippen LogP contribution is -2.20. The zero-order valence-electron chi connectivity index (χ0n) is 13.4. The minimum absolute atomic E-state index is 0.0896. The minimum Gasteiger partial charge on any atom is -0.482 e. The molecule has 20 heavy (non-hydrogen) atoms. The normalized spacial score (nSPS) is 12.3. The third-order valence-electron chi connectivity index (χ3n) is 3.80. The fourth-order valence-electron chi connectivity index (χ4n) is 2.01. The Bertz CT molecular complexity index is 481. The summed E-state index contributed by atoms with van der Waals surface area (Å²) >= 11 is 0. The van der Waals surface area contributed by atoms with Crippen molar-refractivity contribution in [2.24, 2.45) is 0 Å². The summed E-state index contributed by atoms with van der Waals surface area (Å²) in [6, 6.07) is 6.09. The van der Waals surface area contributed by atoms with Crippen molar-refractivity contribution >= 4 is 5.97 Å². The molecule has 3 nitrogen and oxygen atoms in total. The molecule has 0 radical (unpaired) electrons. The zero-order chi connectivity index (χ0) is 15.6. The van der Waals surface area contributed by atoms with Gasteiger partial charge in [-0.1, -0.05) is 53.7 Å². The van der Waals surface area contributed by atoms with Gasteiger partial charge in [0, 0.05) is 0 Å². The van der Waals surface area contributed by atoms with Crippen molar-refractivity contribution < 1.29 is 14.6 Å². The molecule has 0 aliphatic rings. The number of carbonyl (C=O) groups is 1. The molecular weight excluding hydrogens is 252 g/mol. The second-order valence-electron chi connectivity index (χ2n) is 6.88. The first kappa shape index (κ1) is 16.5. The van der Waals surface area contributed by atoms with E-state index < -0.39 is 5.97 Å². The molecule has 0 heterocycles. The molecule has 112 valence electrons. The Kier molecular flexibility index (Phi) is 4.85. The monoisotopic (exact) mass is 278 g/mol. The first-order chi connectivity index (χ1) is 9.08. The van der Waals surface area contributed by atoms with Gasteiger partial charge in [0.2, 0.25) is 0 Å². The Morgan fingerprint density at radius 3 is 2.25 bits per heavy atom. The van der Waals surface area contributed by atoms with Crippen LogP contribution in [0.1, 0.15) is 59.1 Å². The van der Waals surface area contributed by atoms with Crippen LogP contribution < -0.4 is 4.74 Å². The van der Waals surface area contributed by atoms with Crippen molar-refractivity contribution in [3.05, 3.63) is 29.3 Å². The van der Waals surface area contributed by atoms with E-state index in [0.717, 1.165) is 12.0 Å². The minimum atomic E-state index is -0.956. The molecule has 0 aliphatic carbocycles. The summed E-state index contributed by atoms with van der Waals surface area (Å²) in [7, 11) is 0. The smallest absolute Gasteiger partial charge is 0.341 e. The van der Waals surface area contributed by atoms with Crippen LogP contribution in [0, 0.1) is 0 Å². The molecule has 0 bridgehead atoms. The second-order valence-corrected chi connectivity index (χ2v) is 6.88. The molecule has 1 aromatic carbocycles. The Balaban J connectivity index is 3.24. The number of benzene rings is 1. The number of aliphatic carboxylic acids is 1. The van der Waals surface area contributed by atoms with Gasteiger partial charge in [0.15, 0.2) is 6.61 Å². The molecule has 0 spiro atoms. The van der Waals surface area contributed by atoms with E-state index in [1.54, 1.807) is 0 Å². The number of carboxylic acid groups (broad SMARTS) is 1. The highest BCUT2D eigenvalue weighted by atomic mass is 16.5. The van der Waals surface area contributed by atoms with Crippen LogP contribution >= 0.6 is 0 Å². The third-order valence-corrected chi connectivity index (χ3v) is 3.80. The third kappa shape index (κ3) is 3.99. The number of ether oxygens (including phenoxy) is 1. The Hall–Kier alpha value is -1.51. The summed E-state index contributed by atoms with van der Waals surface area (Å²) in [5.41, 5.74) is 2.32. The van der Waals surface area contributed by atoms with E-state index in [9.17, 15) is 4.79 Å². The fraction of sp³-hybridized carbons (Fsp3) is 0.588. The molecule has 0 atom stereocenters. The summed E-state index contributed by atoms with van der Waals surface area (Å²) in [6.07, 6.45) is 1.05. The molecule has 1 aromatic rings. The van der Waals surface area contributed by atoms with Crippen molar-refractivity contribution in [2.45, 2.75) is 58.8 Å². The maximum absolute atomic E-state index is 10.7. The van der Waals surface area contributed by atoms with E-state index in [-0.39, 0.29) is 17.4 Å². The maximum atomic E-state index is 10.7. The largest absolute Gasteiger partial charge is 0.482 e. The topological polar surface area (TPSA) is 46.5 Å². The highest BCUT2D eigenvalue weighted by molar-refractivity contribution is 5.68. The number of hydrogen-bond acceptors (Lipinski definition) is 2. The lowest BCUT2D eigenvalue weighted by molar-refractivity contribution is -0.139. The number of hydrogen-bond donors (Lipinski definition) is 1. The fourth-order valence-corrected chi connectivity index (χ4v) is 2.01. The number of rotatable bonds is 5. The summed E-state index contributed by atoms with van der Waals surface area (Å²) in [4.78, 5) is 10.7. The molecule has 0 amide bonds. The maximum Gasteiger partial charge on any atom is 0.341 e. The van der Waals surface area contributed by atoms with Crippen LogP contribution in [-0.2, 0) is 15.6 Å². The van der Waals surface area contributed by atoms with E-state index in [1.165, 1.54) is 5.56 Å². The molecule has 0 aliphatic heterocycles. The van der Waals surface area contributed by atoms with E-state index >= 15 is 0 Å². The Labute approximate surface area is 122 Å².